The summed E-state index contributed by atoms with van der Waals surface area (Å²) in [7, 11) is 0. The maximum absolute atomic E-state index is 12.2. The molecular formula is C15H12N6O4. The van der Waals surface area contributed by atoms with Gasteiger partial charge in [0.15, 0.2) is 11.4 Å². The summed E-state index contributed by atoms with van der Waals surface area (Å²) >= 11 is 0. The molecule has 0 aliphatic rings. The molecule has 0 fully saturated rings. The number of carbonyl (C=O) groups is 2. The summed E-state index contributed by atoms with van der Waals surface area (Å²) < 4.78 is 6.86. The number of anilines is 1. The number of hydrogen-bond acceptors (Lipinski definition) is 7. The summed E-state index contributed by atoms with van der Waals surface area (Å²) in [4.78, 5) is 35.0. The number of hydrogen-bond donors (Lipinski definition) is 3. The minimum atomic E-state index is -0.976. The Morgan fingerprint density at radius 1 is 1.28 bits per heavy atom. The van der Waals surface area contributed by atoms with E-state index in [0.717, 1.165) is 6.34 Å². The number of imidazole rings is 1. The molecule has 126 valence electrons. The number of pyridine rings is 1. The molecule has 0 spiro atoms. The smallest absolute Gasteiger partial charge is 0.346 e. The third-order valence-electron chi connectivity index (χ3n) is 3.22. The van der Waals surface area contributed by atoms with Crippen molar-refractivity contribution in [2.45, 2.75) is 6.42 Å². The summed E-state index contributed by atoms with van der Waals surface area (Å²) in [5.74, 6) is -1.29. The Kier molecular flexibility index (Phi) is 4.33. The molecule has 0 saturated heterocycles. The average molecular weight is 340 g/mol. The highest BCUT2D eigenvalue weighted by Crippen LogP contribution is 2.21. The SMILES string of the molecule is N=CNc1ncc(C(=O)Oc2ccc(CC(=O)O)n3ccnc23)cn1. The molecule has 25 heavy (non-hydrogen) atoms. The molecule has 3 aromatic heterocycles. The number of carbonyl (C=O) groups excluding carboxylic acids is 1. The monoisotopic (exact) mass is 340 g/mol. The van der Waals surface area contributed by atoms with E-state index in [0.29, 0.717) is 11.3 Å². The van der Waals surface area contributed by atoms with Crippen LogP contribution < -0.4 is 10.1 Å². The van der Waals surface area contributed by atoms with Crippen molar-refractivity contribution in [3.05, 3.63) is 48.2 Å². The van der Waals surface area contributed by atoms with Crippen LogP contribution in [0.5, 0.6) is 5.75 Å². The molecule has 0 aliphatic heterocycles. The molecule has 3 N–H and O–H groups in total. The quantitative estimate of drug-likeness (QED) is 0.342. The van der Waals surface area contributed by atoms with Crippen LogP contribution in [-0.2, 0) is 11.2 Å². The average Bonchev–Trinajstić information content (AvgIpc) is 3.08. The Morgan fingerprint density at radius 3 is 2.72 bits per heavy atom. The molecule has 10 heteroatoms. The number of nitrogens with zero attached hydrogens (tertiary/aromatic N) is 4. The maximum Gasteiger partial charge on any atom is 0.346 e. The fraction of sp³-hybridized carbons (Fsp3) is 0.0667. The molecule has 0 aliphatic carbocycles. The molecule has 0 atom stereocenters. The summed E-state index contributed by atoms with van der Waals surface area (Å²) in [6, 6.07) is 3.04. The normalized spacial score (nSPS) is 10.4. The van der Waals surface area contributed by atoms with Crippen molar-refractivity contribution in [2.24, 2.45) is 0 Å². The number of ether oxygens (including phenoxy) is 1. The Morgan fingerprint density at radius 2 is 2.04 bits per heavy atom. The second kappa shape index (κ2) is 6.74. The number of fused-ring (bicyclic) bond motifs is 1. The Hall–Kier alpha value is -3.82. The van der Waals surface area contributed by atoms with Crippen molar-refractivity contribution in [2.75, 3.05) is 5.32 Å². The molecule has 0 radical (unpaired) electrons. The van der Waals surface area contributed by atoms with Crippen molar-refractivity contribution < 1.29 is 19.4 Å². The first-order valence-electron chi connectivity index (χ1n) is 7.05. The molecule has 0 aromatic carbocycles. The fourth-order valence-corrected chi connectivity index (χ4v) is 2.15. The highest BCUT2D eigenvalue weighted by molar-refractivity contribution is 5.91. The number of carboxylic acid groups (broad SMARTS) is 1. The second-order valence-corrected chi connectivity index (χ2v) is 4.85. The van der Waals surface area contributed by atoms with Gasteiger partial charge in [-0.2, -0.15) is 0 Å². The number of rotatable bonds is 6. The van der Waals surface area contributed by atoms with Gasteiger partial charge in [-0.1, -0.05) is 0 Å². The third-order valence-corrected chi connectivity index (χ3v) is 3.22. The van der Waals surface area contributed by atoms with Crippen molar-refractivity contribution >= 4 is 29.9 Å². The molecule has 0 saturated carbocycles. The molecule has 0 amide bonds. The molecular weight excluding hydrogens is 328 g/mol. The summed E-state index contributed by atoms with van der Waals surface area (Å²) in [5, 5.41) is 18.3. The second-order valence-electron chi connectivity index (χ2n) is 4.85. The molecule has 0 unspecified atom stereocenters. The van der Waals surface area contributed by atoms with Gasteiger partial charge in [0.05, 0.1) is 18.3 Å². The van der Waals surface area contributed by atoms with E-state index in [2.05, 4.69) is 20.3 Å². The molecule has 3 rings (SSSR count). The van der Waals surface area contributed by atoms with Gasteiger partial charge in [-0.15, -0.1) is 0 Å². The predicted octanol–water partition coefficient (Wildman–Crippen LogP) is 0.990. The van der Waals surface area contributed by atoms with Crippen LogP contribution in [0.4, 0.5) is 5.95 Å². The lowest BCUT2D eigenvalue weighted by Gasteiger charge is -2.08. The van der Waals surface area contributed by atoms with Gasteiger partial charge in [-0.3, -0.25) is 10.2 Å². The lowest BCUT2D eigenvalue weighted by molar-refractivity contribution is -0.136. The number of carboxylic acids is 1. The highest BCUT2D eigenvalue weighted by atomic mass is 16.5. The first kappa shape index (κ1) is 16.1. The van der Waals surface area contributed by atoms with Crippen LogP contribution in [0.3, 0.4) is 0 Å². The fourth-order valence-electron chi connectivity index (χ4n) is 2.15. The van der Waals surface area contributed by atoms with Gasteiger partial charge in [-0.05, 0) is 12.1 Å². The van der Waals surface area contributed by atoms with Crippen LogP contribution >= 0.6 is 0 Å². The van der Waals surface area contributed by atoms with E-state index < -0.39 is 11.9 Å². The Balaban J connectivity index is 1.85. The van der Waals surface area contributed by atoms with Gasteiger partial charge in [0.25, 0.3) is 0 Å². The zero-order valence-electron chi connectivity index (χ0n) is 12.7. The van der Waals surface area contributed by atoms with Crippen LogP contribution in [0.25, 0.3) is 5.65 Å². The minimum Gasteiger partial charge on any atom is -0.481 e. The van der Waals surface area contributed by atoms with Crippen molar-refractivity contribution in [3.8, 4) is 5.75 Å². The number of aromatic nitrogens is 4. The first-order chi connectivity index (χ1) is 12.1. The molecule has 3 aromatic rings. The van der Waals surface area contributed by atoms with E-state index in [1.807, 2.05) is 0 Å². The van der Waals surface area contributed by atoms with Gasteiger partial charge in [-0.25, -0.2) is 19.7 Å². The number of esters is 1. The van der Waals surface area contributed by atoms with Gasteiger partial charge in [0.1, 0.15) is 0 Å². The lowest BCUT2D eigenvalue weighted by Crippen LogP contribution is -2.12. The molecule has 3 heterocycles. The summed E-state index contributed by atoms with van der Waals surface area (Å²) in [6.07, 6.45) is 6.34. The van der Waals surface area contributed by atoms with Crippen LogP contribution in [-0.4, -0.2) is 42.7 Å². The summed E-state index contributed by atoms with van der Waals surface area (Å²) in [6.45, 7) is 0. The van der Waals surface area contributed by atoms with Crippen molar-refractivity contribution in [1.82, 2.24) is 19.4 Å². The van der Waals surface area contributed by atoms with Crippen molar-refractivity contribution in [3.63, 3.8) is 0 Å². The van der Waals surface area contributed by atoms with E-state index in [9.17, 15) is 9.59 Å². The standard InChI is InChI=1S/C15H12N6O4/c16-8-20-15-18-6-9(7-19-15)14(24)25-11-2-1-10(5-12(22)23)21-4-3-17-13(11)21/h1-4,6-8H,5H2,(H,22,23)(H2,16,18,19,20). The van der Waals surface area contributed by atoms with Crippen LogP contribution in [0.2, 0.25) is 0 Å². The molecule has 0 bridgehead atoms. The van der Waals surface area contributed by atoms with E-state index >= 15 is 0 Å². The Labute approximate surface area is 140 Å². The van der Waals surface area contributed by atoms with Crippen LogP contribution in [0, 0.1) is 5.41 Å². The Bertz CT molecular complexity index is 950. The number of nitrogens with one attached hydrogen (secondary N) is 2. The maximum atomic E-state index is 12.2. The van der Waals surface area contributed by atoms with Gasteiger partial charge in [0.2, 0.25) is 5.95 Å². The lowest BCUT2D eigenvalue weighted by atomic mass is 10.2. The predicted molar refractivity (Wildman–Crippen MR) is 85.9 cm³/mol. The highest BCUT2D eigenvalue weighted by Gasteiger charge is 2.15. The van der Waals surface area contributed by atoms with Crippen molar-refractivity contribution in [1.29, 1.82) is 5.41 Å². The molecule has 10 nitrogen and oxygen atoms in total. The zero-order chi connectivity index (χ0) is 17.8. The summed E-state index contributed by atoms with van der Waals surface area (Å²) in [5.41, 5.74) is 0.954. The zero-order valence-corrected chi connectivity index (χ0v) is 12.7. The van der Waals surface area contributed by atoms with Crippen LogP contribution in [0.1, 0.15) is 16.1 Å². The van der Waals surface area contributed by atoms with Gasteiger partial charge in [0, 0.05) is 30.5 Å². The topological polar surface area (TPSA) is 143 Å². The van der Waals surface area contributed by atoms with Crippen LogP contribution in [0.15, 0.2) is 36.9 Å². The van der Waals surface area contributed by atoms with Gasteiger partial charge < -0.3 is 19.6 Å². The van der Waals surface area contributed by atoms with Gasteiger partial charge >= 0.3 is 11.9 Å². The largest absolute Gasteiger partial charge is 0.481 e. The van der Waals surface area contributed by atoms with E-state index in [-0.39, 0.29) is 23.7 Å². The minimum absolute atomic E-state index is 0.120. The first-order valence-corrected chi connectivity index (χ1v) is 7.05. The third kappa shape index (κ3) is 3.42. The van der Waals surface area contributed by atoms with E-state index in [1.54, 1.807) is 16.7 Å². The van der Waals surface area contributed by atoms with E-state index in [4.69, 9.17) is 15.3 Å². The number of aliphatic carboxylic acids is 1. The van der Waals surface area contributed by atoms with E-state index in [1.165, 1.54) is 24.7 Å².